The highest BCUT2D eigenvalue weighted by atomic mass is 16.7. The van der Waals surface area contributed by atoms with Gasteiger partial charge in [-0.2, -0.15) is 4.98 Å². The number of rotatable bonds is 6. The van der Waals surface area contributed by atoms with Gasteiger partial charge >= 0.3 is 0 Å². The van der Waals surface area contributed by atoms with Gasteiger partial charge in [-0.1, -0.05) is 5.16 Å². The second-order valence-electron chi connectivity index (χ2n) is 3.78. The lowest BCUT2D eigenvalue weighted by atomic mass is 10.4. The van der Waals surface area contributed by atoms with Crippen molar-refractivity contribution < 1.29 is 14.0 Å². The van der Waals surface area contributed by atoms with E-state index in [9.17, 15) is 0 Å². The lowest BCUT2D eigenvalue weighted by molar-refractivity contribution is -0.155. The fourth-order valence-electron chi connectivity index (χ4n) is 1.42. The zero-order valence-electron chi connectivity index (χ0n) is 11.2. The summed E-state index contributed by atoms with van der Waals surface area (Å²) in [5.41, 5.74) is 0.967. The van der Waals surface area contributed by atoms with Crippen molar-refractivity contribution in [1.29, 1.82) is 0 Å². The van der Waals surface area contributed by atoms with Crippen molar-refractivity contribution in [3.63, 3.8) is 0 Å². The lowest BCUT2D eigenvalue weighted by Gasteiger charge is -2.11. The van der Waals surface area contributed by atoms with Crippen molar-refractivity contribution >= 4 is 0 Å². The summed E-state index contributed by atoms with van der Waals surface area (Å²) in [4.78, 5) is 12.5. The Hall–Kier alpha value is -1.86. The molecule has 0 aliphatic rings. The van der Waals surface area contributed by atoms with Crippen molar-refractivity contribution in [2.45, 2.75) is 27.1 Å². The summed E-state index contributed by atoms with van der Waals surface area (Å²) in [5.74, 6) is 0.995. The second kappa shape index (κ2) is 6.35. The Morgan fingerprint density at radius 2 is 1.74 bits per heavy atom. The molecule has 0 saturated heterocycles. The Morgan fingerprint density at radius 1 is 1.11 bits per heavy atom. The van der Waals surface area contributed by atoms with Crippen LogP contribution in [0.1, 0.15) is 31.6 Å². The molecule has 2 rings (SSSR count). The topological polar surface area (TPSA) is 83.2 Å². The minimum Gasteiger partial charge on any atom is -0.345 e. The van der Waals surface area contributed by atoms with E-state index in [1.807, 2.05) is 20.8 Å². The zero-order chi connectivity index (χ0) is 13.7. The van der Waals surface area contributed by atoms with Gasteiger partial charge in [0.05, 0.1) is 0 Å². The molecular formula is C12H16N4O3. The molecule has 0 saturated carbocycles. The standard InChI is InChI=1S/C12H16N4O3/c1-4-17-12(18-5-2)11-15-10(16-19-11)9-13-6-8(3)7-14-9/h6-7,12H,4-5H2,1-3H3. The van der Waals surface area contributed by atoms with Gasteiger partial charge in [-0.25, -0.2) is 9.97 Å². The van der Waals surface area contributed by atoms with Crippen molar-refractivity contribution in [3.05, 3.63) is 23.8 Å². The van der Waals surface area contributed by atoms with Gasteiger partial charge in [0.1, 0.15) is 0 Å². The number of aromatic nitrogens is 4. The molecule has 2 aromatic rings. The molecule has 19 heavy (non-hydrogen) atoms. The summed E-state index contributed by atoms with van der Waals surface area (Å²) >= 11 is 0. The molecule has 102 valence electrons. The van der Waals surface area contributed by atoms with Gasteiger partial charge in [0, 0.05) is 25.6 Å². The highest BCUT2D eigenvalue weighted by Gasteiger charge is 2.21. The minimum atomic E-state index is -0.651. The van der Waals surface area contributed by atoms with Gasteiger partial charge < -0.3 is 14.0 Å². The van der Waals surface area contributed by atoms with Crippen molar-refractivity contribution in [2.75, 3.05) is 13.2 Å². The maximum absolute atomic E-state index is 5.38. The SMILES string of the molecule is CCOC(OCC)c1nc(-c2ncc(C)cn2)no1. The number of ether oxygens (including phenoxy) is 2. The third kappa shape index (κ3) is 3.33. The molecule has 7 heteroatoms. The zero-order valence-corrected chi connectivity index (χ0v) is 11.2. The summed E-state index contributed by atoms with van der Waals surface area (Å²) in [6, 6.07) is 0. The van der Waals surface area contributed by atoms with Crippen LogP contribution in [-0.4, -0.2) is 33.3 Å². The largest absolute Gasteiger partial charge is 0.345 e. The summed E-state index contributed by atoms with van der Waals surface area (Å²) in [6.45, 7) is 6.62. The van der Waals surface area contributed by atoms with Crippen molar-refractivity contribution in [3.8, 4) is 11.6 Å². The quantitative estimate of drug-likeness (QED) is 0.737. The monoisotopic (exact) mass is 264 g/mol. The average Bonchev–Trinajstić information content (AvgIpc) is 2.89. The highest BCUT2D eigenvalue weighted by Crippen LogP contribution is 2.19. The van der Waals surface area contributed by atoms with Crippen LogP contribution in [-0.2, 0) is 9.47 Å². The van der Waals surface area contributed by atoms with Gasteiger partial charge in [0.2, 0.25) is 17.9 Å². The first-order valence-corrected chi connectivity index (χ1v) is 6.10. The Labute approximate surface area is 111 Å². The Balaban J connectivity index is 2.19. The first-order chi connectivity index (χ1) is 9.24. The smallest absolute Gasteiger partial charge is 0.284 e. The van der Waals surface area contributed by atoms with Crippen LogP contribution < -0.4 is 0 Å². The molecule has 0 spiro atoms. The average molecular weight is 264 g/mol. The Bertz CT molecular complexity index is 506. The van der Waals surface area contributed by atoms with E-state index in [-0.39, 0.29) is 5.89 Å². The van der Waals surface area contributed by atoms with Crippen LogP contribution in [0.2, 0.25) is 0 Å². The summed E-state index contributed by atoms with van der Waals surface area (Å²) in [5, 5.41) is 3.83. The molecule has 0 aliphatic carbocycles. The Kier molecular flexibility index (Phi) is 4.53. The van der Waals surface area contributed by atoms with Crippen molar-refractivity contribution in [1.82, 2.24) is 20.1 Å². The van der Waals surface area contributed by atoms with E-state index in [0.29, 0.717) is 24.9 Å². The van der Waals surface area contributed by atoms with Gasteiger partial charge in [-0.3, -0.25) is 0 Å². The molecule has 0 fully saturated rings. The van der Waals surface area contributed by atoms with E-state index in [4.69, 9.17) is 14.0 Å². The van der Waals surface area contributed by atoms with Gasteiger partial charge in [0.15, 0.2) is 0 Å². The van der Waals surface area contributed by atoms with Crippen LogP contribution in [0, 0.1) is 6.92 Å². The van der Waals surface area contributed by atoms with E-state index < -0.39 is 6.29 Å². The fraction of sp³-hybridized carbons (Fsp3) is 0.500. The maximum atomic E-state index is 5.38. The molecule has 0 amide bonds. The molecule has 0 bridgehead atoms. The molecule has 0 aromatic carbocycles. The molecule has 0 atom stereocenters. The van der Waals surface area contributed by atoms with E-state index in [1.54, 1.807) is 12.4 Å². The van der Waals surface area contributed by atoms with Crippen LogP contribution in [0.5, 0.6) is 0 Å². The lowest BCUT2D eigenvalue weighted by Crippen LogP contribution is -2.09. The van der Waals surface area contributed by atoms with E-state index >= 15 is 0 Å². The van der Waals surface area contributed by atoms with Gasteiger partial charge in [-0.05, 0) is 26.3 Å². The van der Waals surface area contributed by atoms with Crippen molar-refractivity contribution in [2.24, 2.45) is 0 Å². The van der Waals surface area contributed by atoms with E-state index in [2.05, 4.69) is 20.1 Å². The van der Waals surface area contributed by atoms with Crippen LogP contribution in [0.25, 0.3) is 11.6 Å². The summed E-state index contributed by atoms with van der Waals surface area (Å²) < 4.78 is 15.9. The summed E-state index contributed by atoms with van der Waals surface area (Å²) in [7, 11) is 0. The van der Waals surface area contributed by atoms with Crippen LogP contribution in [0.4, 0.5) is 0 Å². The minimum absolute atomic E-state index is 0.267. The van der Waals surface area contributed by atoms with Crippen LogP contribution in [0.3, 0.4) is 0 Å². The predicted molar refractivity (Wildman–Crippen MR) is 66.1 cm³/mol. The molecule has 0 N–H and O–H groups in total. The molecular weight excluding hydrogens is 248 g/mol. The summed E-state index contributed by atoms with van der Waals surface area (Å²) in [6.07, 6.45) is 2.74. The third-order valence-corrected chi connectivity index (χ3v) is 2.26. The third-order valence-electron chi connectivity index (χ3n) is 2.26. The Morgan fingerprint density at radius 3 is 2.32 bits per heavy atom. The number of aryl methyl sites for hydroxylation is 1. The molecule has 2 heterocycles. The number of nitrogens with zero attached hydrogens (tertiary/aromatic N) is 4. The maximum Gasteiger partial charge on any atom is 0.284 e. The number of hydrogen-bond donors (Lipinski definition) is 0. The molecule has 0 unspecified atom stereocenters. The number of hydrogen-bond acceptors (Lipinski definition) is 7. The van der Waals surface area contributed by atoms with Gasteiger partial charge in [0.25, 0.3) is 5.89 Å². The second-order valence-corrected chi connectivity index (χ2v) is 3.78. The molecule has 2 aromatic heterocycles. The van der Waals surface area contributed by atoms with Crippen LogP contribution >= 0.6 is 0 Å². The van der Waals surface area contributed by atoms with E-state index in [1.165, 1.54) is 0 Å². The molecule has 0 radical (unpaired) electrons. The normalized spacial score (nSPS) is 11.2. The molecule has 0 aliphatic heterocycles. The predicted octanol–water partition coefficient (Wildman–Crippen LogP) is 1.91. The highest BCUT2D eigenvalue weighted by molar-refractivity contribution is 5.40. The fourth-order valence-corrected chi connectivity index (χ4v) is 1.42. The molecule has 7 nitrogen and oxygen atoms in total. The van der Waals surface area contributed by atoms with E-state index in [0.717, 1.165) is 5.56 Å². The van der Waals surface area contributed by atoms with Crippen LogP contribution in [0.15, 0.2) is 16.9 Å². The van der Waals surface area contributed by atoms with Gasteiger partial charge in [-0.15, -0.1) is 0 Å². The first kappa shape index (κ1) is 13.6. The first-order valence-electron chi connectivity index (χ1n) is 6.10.